The summed E-state index contributed by atoms with van der Waals surface area (Å²) >= 11 is 13.7. The third kappa shape index (κ3) is 3.35. The van der Waals surface area contributed by atoms with Gasteiger partial charge in [0.15, 0.2) is 0 Å². The number of halogens is 1. The first-order chi connectivity index (χ1) is 14.4. The van der Waals surface area contributed by atoms with E-state index in [-0.39, 0.29) is 15.7 Å². The molecule has 4 heteroatoms. The van der Waals surface area contributed by atoms with Gasteiger partial charge in [-0.1, -0.05) is 55.9 Å². The lowest BCUT2D eigenvalue weighted by Crippen LogP contribution is -2.66. The van der Waals surface area contributed by atoms with E-state index in [1.54, 1.807) is 0 Å². The second-order valence-corrected chi connectivity index (χ2v) is 12.2. The van der Waals surface area contributed by atoms with E-state index in [9.17, 15) is 0 Å². The molecule has 0 aromatic heterocycles. The smallest absolute Gasteiger partial charge is 0.0818 e. The maximum Gasteiger partial charge on any atom is 0.0818 e. The number of nitrogens with one attached hydrogen (secondary N) is 1. The minimum absolute atomic E-state index is 0.0236. The van der Waals surface area contributed by atoms with Crippen LogP contribution in [0.1, 0.15) is 83.1 Å². The molecule has 0 spiro atoms. The van der Waals surface area contributed by atoms with Crippen molar-refractivity contribution in [2.75, 3.05) is 0 Å². The second-order valence-electron chi connectivity index (χ2n) is 11.1. The van der Waals surface area contributed by atoms with Crippen molar-refractivity contribution in [1.82, 2.24) is 5.32 Å². The number of hydrogen-bond acceptors (Lipinski definition) is 2. The second kappa shape index (κ2) is 7.74. The van der Waals surface area contributed by atoms with Gasteiger partial charge in [0.05, 0.1) is 9.86 Å². The predicted molar refractivity (Wildman–Crippen MR) is 130 cm³/mol. The molecular formula is C26H37ClN2S. The first-order valence-electron chi connectivity index (χ1n) is 12.2. The topological polar surface area (TPSA) is 38.0 Å². The molecule has 1 aromatic rings. The van der Waals surface area contributed by atoms with Gasteiger partial charge in [-0.3, -0.25) is 0 Å². The van der Waals surface area contributed by atoms with Gasteiger partial charge in [0.1, 0.15) is 0 Å². The van der Waals surface area contributed by atoms with Crippen LogP contribution in [0.4, 0.5) is 0 Å². The van der Waals surface area contributed by atoms with Crippen LogP contribution < -0.4 is 11.1 Å². The number of rotatable bonds is 5. The summed E-state index contributed by atoms with van der Waals surface area (Å²) in [6.45, 7) is 2.29. The number of nitrogens with two attached hydrogens (primary N) is 1. The molecule has 5 fully saturated rings. The summed E-state index contributed by atoms with van der Waals surface area (Å²) in [5.74, 6) is 1.14. The highest BCUT2D eigenvalue weighted by Gasteiger charge is 2.67. The monoisotopic (exact) mass is 444 g/mol. The summed E-state index contributed by atoms with van der Waals surface area (Å²) < 4.78 is 0. The molecule has 5 aliphatic rings. The molecule has 0 aliphatic heterocycles. The number of hydrogen-bond donors (Lipinski definition) is 2. The lowest BCUT2D eigenvalue weighted by Gasteiger charge is -2.68. The molecule has 1 aromatic carbocycles. The zero-order valence-electron chi connectivity index (χ0n) is 18.3. The number of alkyl halides is 1. The minimum atomic E-state index is -0.0236. The molecule has 30 heavy (non-hydrogen) atoms. The van der Waals surface area contributed by atoms with Gasteiger partial charge in [-0.05, 0) is 87.0 Å². The quantitative estimate of drug-likeness (QED) is 0.425. The van der Waals surface area contributed by atoms with E-state index in [0.717, 1.165) is 37.1 Å². The molecule has 3 N–H and O–H groups in total. The van der Waals surface area contributed by atoms with E-state index < -0.39 is 0 Å². The minimum Gasteiger partial charge on any atom is -0.376 e. The van der Waals surface area contributed by atoms with Crippen molar-refractivity contribution in [1.29, 1.82) is 0 Å². The highest BCUT2D eigenvalue weighted by atomic mass is 35.5. The molecule has 6 rings (SSSR count). The van der Waals surface area contributed by atoms with Crippen molar-refractivity contribution in [3.63, 3.8) is 0 Å². The van der Waals surface area contributed by atoms with E-state index in [1.807, 2.05) is 0 Å². The Morgan fingerprint density at radius 3 is 2.30 bits per heavy atom. The Balaban J connectivity index is 1.45. The van der Waals surface area contributed by atoms with Gasteiger partial charge in [-0.25, -0.2) is 0 Å². The van der Waals surface area contributed by atoms with Crippen LogP contribution in [-0.2, 0) is 5.41 Å². The molecule has 0 saturated heterocycles. The van der Waals surface area contributed by atoms with Crippen molar-refractivity contribution in [3.05, 3.63) is 35.9 Å². The maximum absolute atomic E-state index is 7.48. The van der Waals surface area contributed by atoms with Crippen LogP contribution in [0.5, 0.6) is 0 Å². The Morgan fingerprint density at radius 1 is 1.07 bits per heavy atom. The Hall–Kier alpha value is -0.640. The molecule has 5 aliphatic carbocycles. The van der Waals surface area contributed by atoms with Gasteiger partial charge in [-0.2, -0.15) is 0 Å². The normalized spacial score (nSPS) is 44.8. The van der Waals surface area contributed by atoms with E-state index in [0.29, 0.717) is 23.9 Å². The third-order valence-corrected chi connectivity index (χ3v) is 10.5. The van der Waals surface area contributed by atoms with Crippen molar-refractivity contribution in [2.45, 2.75) is 99.9 Å². The first-order valence-corrected chi connectivity index (χ1v) is 13.0. The molecular weight excluding hydrogens is 408 g/mol. The molecule has 0 radical (unpaired) electrons. The third-order valence-electron chi connectivity index (χ3n) is 9.19. The zero-order chi connectivity index (χ0) is 21.0. The largest absolute Gasteiger partial charge is 0.376 e. The van der Waals surface area contributed by atoms with E-state index in [1.165, 1.54) is 44.1 Å². The van der Waals surface area contributed by atoms with Crippen molar-refractivity contribution >= 4 is 28.8 Å². The van der Waals surface area contributed by atoms with Gasteiger partial charge < -0.3 is 11.1 Å². The maximum atomic E-state index is 7.48. The fraction of sp³-hybridized carbons (Fsp3) is 0.731. The zero-order valence-corrected chi connectivity index (χ0v) is 19.9. The van der Waals surface area contributed by atoms with Gasteiger partial charge in [0, 0.05) is 17.5 Å². The van der Waals surface area contributed by atoms with Crippen LogP contribution in [0.25, 0.3) is 0 Å². The Morgan fingerprint density at radius 2 is 1.70 bits per heavy atom. The summed E-state index contributed by atoms with van der Waals surface area (Å²) in [7, 11) is 0. The van der Waals surface area contributed by atoms with E-state index in [4.69, 9.17) is 29.6 Å². The molecule has 5 saturated carbocycles. The van der Waals surface area contributed by atoms with Gasteiger partial charge in [0.25, 0.3) is 0 Å². The summed E-state index contributed by atoms with van der Waals surface area (Å²) in [6, 6.07) is 12.2. The van der Waals surface area contributed by atoms with Crippen molar-refractivity contribution in [2.24, 2.45) is 23.0 Å². The average Bonchev–Trinajstić information content (AvgIpc) is 2.74. The summed E-state index contributed by atoms with van der Waals surface area (Å²) in [5, 5.41) is 3.86. The van der Waals surface area contributed by atoms with Gasteiger partial charge in [0.2, 0.25) is 0 Å². The SMILES string of the molecule is CCCC1(Cl)C2CC3(C(=S)NC4CCC(N)CC4)CC1CC(c1ccccc1)(C2)C3. The fourth-order valence-electron chi connectivity index (χ4n) is 7.93. The molecule has 164 valence electrons. The lowest BCUT2D eigenvalue weighted by atomic mass is 9.39. The van der Waals surface area contributed by atoms with Crippen LogP contribution in [0.3, 0.4) is 0 Å². The van der Waals surface area contributed by atoms with Crippen molar-refractivity contribution in [3.8, 4) is 0 Å². The molecule has 0 heterocycles. The summed E-state index contributed by atoms with van der Waals surface area (Å²) in [5.41, 5.74) is 8.04. The van der Waals surface area contributed by atoms with Crippen LogP contribution >= 0.6 is 23.8 Å². The molecule has 0 amide bonds. The number of thiocarbonyl (C=S) groups is 1. The summed E-state index contributed by atoms with van der Waals surface area (Å²) in [6.07, 6.45) is 12.9. The lowest BCUT2D eigenvalue weighted by molar-refractivity contribution is -0.0702. The fourth-order valence-corrected chi connectivity index (χ4v) is 8.84. The molecule has 2 atom stereocenters. The van der Waals surface area contributed by atoms with Crippen LogP contribution in [0.2, 0.25) is 0 Å². The van der Waals surface area contributed by atoms with E-state index >= 15 is 0 Å². The van der Waals surface area contributed by atoms with E-state index in [2.05, 4.69) is 42.6 Å². The van der Waals surface area contributed by atoms with Crippen LogP contribution in [0.15, 0.2) is 30.3 Å². The highest BCUT2D eigenvalue weighted by molar-refractivity contribution is 7.80. The predicted octanol–water partition coefficient (Wildman–Crippen LogP) is 6.10. The van der Waals surface area contributed by atoms with Crippen molar-refractivity contribution < 1.29 is 0 Å². The highest BCUT2D eigenvalue weighted by Crippen LogP contribution is 2.71. The Kier molecular flexibility index (Phi) is 5.48. The first kappa shape index (κ1) is 21.2. The molecule has 2 nitrogen and oxygen atoms in total. The van der Waals surface area contributed by atoms with Crippen LogP contribution in [-0.4, -0.2) is 21.9 Å². The van der Waals surface area contributed by atoms with Gasteiger partial charge >= 0.3 is 0 Å². The standard InChI is InChI=1S/C26H37ClN2S/c1-2-12-26(27)19-13-24(18-6-4-3-5-7-18)14-20(26)16-25(15-19,17-24)23(30)29-22-10-8-21(28)9-11-22/h3-7,19-22H,2,8-17,28H2,1H3,(H,29,30). The average molecular weight is 445 g/mol. The Labute approximate surface area is 192 Å². The summed E-state index contributed by atoms with van der Waals surface area (Å²) in [4.78, 5) is 1.12. The van der Waals surface area contributed by atoms with Gasteiger partial charge in [-0.15, -0.1) is 11.6 Å². The van der Waals surface area contributed by atoms with Crippen LogP contribution in [0, 0.1) is 17.3 Å². The molecule has 4 bridgehead atoms. The number of benzene rings is 1. The molecule has 2 unspecified atom stereocenters. The Bertz CT molecular complexity index is 769.